The Labute approximate surface area is 124 Å². The zero-order valence-electron chi connectivity index (χ0n) is 10.0. The van der Waals surface area contributed by atoms with E-state index < -0.39 is 5.91 Å². The summed E-state index contributed by atoms with van der Waals surface area (Å²) in [5.74, 6) is -0.508. The van der Waals surface area contributed by atoms with Crippen molar-refractivity contribution in [3.05, 3.63) is 57.8 Å². The summed E-state index contributed by atoms with van der Waals surface area (Å²) in [6.45, 7) is 0. The van der Waals surface area contributed by atoms with Crippen LogP contribution in [0.25, 0.3) is 0 Å². The number of phenolic OH excluding ortho intramolecular Hbond substituents is 1. The zero-order valence-corrected chi connectivity index (χ0v) is 11.6. The van der Waals surface area contributed by atoms with Crippen LogP contribution in [-0.4, -0.2) is 22.2 Å². The van der Waals surface area contributed by atoms with Crippen LogP contribution in [-0.2, 0) is 0 Å². The largest absolute Gasteiger partial charge is 0.507 e. The van der Waals surface area contributed by atoms with Crippen molar-refractivity contribution in [2.75, 3.05) is 0 Å². The van der Waals surface area contributed by atoms with Crippen molar-refractivity contribution in [2.45, 2.75) is 0 Å². The fourth-order valence-electron chi connectivity index (χ4n) is 1.39. The van der Waals surface area contributed by atoms with E-state index in [1.807, 2.05) is 0 Å². The maximum absolute atomic E-state index is 11.8. The first kappa shape index (κ1) is 14.3. The van der Waals surface area contributed by atoms with Gasteiger partial charge in [-0.2, -0.15) is 5.10 Å². The number of phenols is 1. The maximum atomic E-state index is 11.8. The first-order valence-electron chi connectivity index (χ1n) is 5.50. The Morgan fingerprint density at radius 1 is 1.35 bits per heavy atom. The molecule has 2 N–H and O–H groups in total. The Bertz CT molecular complexity index is 674. The summed E-state index contributed by atoms with van der Waals surface area (Å²) in [5, 5.41) is 13.7. The average molecular weight is 310 g/mol. The minimum absolute atomic E-state index is 0.0190. The molecule has 1 aromatic heterocycles. The molecule has 0 fully saturated rings. The molecular formula is C13H9Cl2N3O2. The highest BCUT2D eigenvalue weighted by atomic mass is 35.5. The molecule has 0 aliphatic rings. The van der Waals surface area contributed by atoms with Crippen LogP contribution in [0.5, 0.6) is 5.75 Å². The van der Waals surface area contributed by atoms with E-state index in [0.29, 0.717) is 10.6 Å². The lowest BCUT2D eigenvalue weighted by atomic mass is 10.2. The molecule has 0 radical (unpaired) electrons. The Kier molecular flexibility index (Phi) is 4.55. The van der Waals surface area contributed by atoms with Gasteiger partial charge in [-0.1, -0.05) is 35.3 Å². The van der Waals surface area contributed by atoms with E-state index in [9.17, 15) is 9.90 Å². The van der Waals surface area contributed by atoms with Gasteiger partial charge in [0.1, 0.15) is 11.4 Å². The van der Waals surface area contributed by atoms with Crippen molar-refractivity contribution >= 4 is 35.3 Å². The molecule has 1 amide bonds. The highest BCUT2D eigenvalue weighted by Crippen LogP contribution is 2.18. The maximum Gasteiger partial charge on any atom is 0.291 e. The number of nitrogens with zero attached hydrogens (tertiary/aromatic N) is 2. The number of para-hydroxylation sites is 1. The fourth-order valence-corrected chi connectivity index (χ4v) is 1.86. The van der Waals surface area contributed by atoms with E-state index in [4.69, 9.17) is 23.2 Å². The van der Waals surface area contributed by atoms with Crippen LogP contribution in [0.2, 0.25) is 10.0 Å². The molecule has 0 saturated carbocycles. The van der Waals surface area contributed by atoms with E-state index in [-0.39, 0.29) is 16.5 Å². The van der Waals surface area contributed by atoms with Crippen LogP contribution < -0.4 is 5.43 Å². The summed E-state index contributed by atoms with van der Waals surface area (Å²) in [7, 11) is 0. The van der Waals surface area contributed by atoms with Crippen LogP contribution in [0, 0.1) is 0 Å². The third-order valence-corrected chi connectivity index (χ3v) is 2.82. The number of nitrogens with one attached hydrogen (secondary N) is 1. The average Bonchev–Trinajstić information content (AvgIpc) is 2.40. The zero-order chi connectivity index (χ0) is 14.5. The van der Waals surface area contributed by atoms with Crippen molar-refractivity contribution in [2.24, 2.45) is 5.10 Å². The molecule has 0 saturated heterocycles. The summed E-state index contributed by atoms with van der Waals surface area (Å²) in [4.78, 5) is 15.6. The number of halogens is 2. The number of pyridine rings is 1. The molecule has 2 aromatic rings. The molecule has 2 rings (SSSR count). The summed E-state index contributed by atoms with van der Waals surface area (Å²) < 4.78 is 0. The van der Waals surface area contributed by atoms with Gasteiger partial charge in [-0.25, -0.2) is 10.4 Å². The third-order valence-electron chi connectivity index (χ3n) is 2.33. The van der Waals surface area contributed by atoms with Gasteiger partial charge < -0.3 is 5.11 Å². The lowest BCUT2D eigenvalue weighted by molar-refractivity contribution is 0.0950. The van der Waals surface area contributed by atoms with Crippen LogP contribution in [0.1, 0.15) is 16.1 Å². The highest BCUT2D eigenvalue weighted by molar-refractivity contribution is 6.36. The summed E-state index contributed by atoms with van der Waals surface area (Å²) in [6.07, 6.45) is 2.63. The third kappa shape index (κ3) is 3.46. The molecule has 1 aromatic carbocycles. The van der Waals surface area contributed by atoms with Gasteiger partial charge in [0, 0.05) is 11.8 Å². The number of carbonyl (C=O) groups excluding carboxylic acids is 1. The molecular weight excluding hydrogens is 301 g/mol. The Morgan fingerprint density at radius 2 is 2.10 bits per heavy atom. The number of hydrogen-bond donors (Lipinski definition) is 2. The van der Waals surface area contributed by atoms with Gasteiger partial charge in [-0.15, -0.1) is 0 Å². The Morgan fingerprint density at radius 3 is 2.80 bits per heavy atom. The summed E-state index contributed by atoms with van der Waals surface area (Å²) in [5.41, 5.74) is 2.76. The molecule has 1 heterocycles. The molecule has 0 spiro atoms. The molecule has 0 unspecified atom stereocenters. The van der Waals surface area contributed by atoms with E-state index in [2.05, 4.69) is 15.5 Å². The number of carbonyl (C=O) groups is 1. The van der Waals surface area contributed by atoms with Crippen LogP contribution in [0.15, 0.2) is 41.6 Å². The molecule has 102 valence electrons. The number of aromatic hydroxyl groups is 1. The standard InChI is InChI=1S/C13H9Cl2N3O2/c14-9-5-10(15)12(16-7-9)13(20)18-17-6-8-3-1-2-4-11(8)19/h1-7,19H,(H,18,20). The molecule has 0 aliphatic carbocycles. The molecule has 7 heteroatoms. The lowest BCUT2D eigenvalue weighted by Gasteiger charge is -2.02. The quantitative estimate of drug-likeness (QED) is 0.676. The highest BCUT2D eigenvalue weighted by Gasteiger charge is 2.11. The predicted octanol–water partition coefficient (Wildman–Crippen LogP) is 2.86. The topological polar surface area (TPSA) is 74.6 Å². The first-order chi connectivity index (χ1) is 9.58. The Balaban J connectivity index is 2.07. The number of hydrogen-bond acceptors (Lipinski definition) is 4. The van der Waals surface area contributed by atoms with Crippen molar-refractivity contribution < 1.29 is 9.90 Å². The Hall–Kier alpha value is -2.11. The fraction of sp³-hybridized carbons (Fsp3) is 0. The van der Waals surface area contributed by atoms with Crippen LogP contribution in [0.3, 0.4) is 0 Å². The van der Waals surface area contributed by atoms with Crippen molar-refractivity contribution in [3.63, 3.8) is 0 Å². The van der Waals surface area contributed by atoms with Gasteiger partial charge in [0.25, 0.3) is 5.91 Å². The van der Waals surface area contributed by atoms with Crippen molar-refractivity contribution in [1.82, 2.24) is 10.4 Å². The van der Waals surface area contributed by atoms with E-state index in [0.717, 1.165) is 0 Å². The van der Waals surface area contributed by atoms with Gasteiger partial charge >= 0.3 is 0 Å². The first-order valence-corrected chi connectivity index (χ1v) is 6.26. The van der Waals surface area contributed by atoms with Crippen molar-refractivity contribution in [1.29, 1.82) is 0 Å². The van der Waals surface area contributed by atoms with Gasteiger partial charge in [0.05, 0.1) is 16.3 Å². The van der Waals surface area contributed by atoms with Crippen LogP contribution >= 0.6 is 23.2 Å². The summed E-state index contributed by atoms with van der Waals surface area (Å²) in [6, 6.07) is 8.00. The smallest absolute Gasteiger partial charge is 0.291 e. The van der Waals surface area contributed by atoms with E-state index in [1.54, 1.807) is 18.2 Å². The molecule has 5 nitrogen and oxygen atoms in total. The van der Waals surface area contributed by atoms with Gasteiger partial charge in [0.15, 0.2) is 0 Å². The minimum Gasteiger partial charge on any atom is -0.507 e. The number of aromatic nitrogens is 1. The molecule has 0 atom stereocenters. The second-order valence-electron chi connectivity index (χ2n) is 3.74. The van der Waals surface area contributed by atoms with E-state index >= 15 is 0 Å². The SMILES string of the molecule is O=C(NN=Cc1ccccc1O)c1ncc(Cl)cc1Cl. The van der Waals surface area contributed by atoms with E-state index in [1.165, 1.54) is 24.5 Å². The second kappa shape index (κ2) is 6.36. The number of benzene rings is 1. The monoisotopic (exact) mass is 309 g/mol. The van der Waals surface area contributed by atoms with Gasteiger partial charge in [-0.3, -0.25) is 4.79 Å². The number of amides is 1. The molecule has 20 heavy (non-hydrogen) atoms. The normalized spacial score (nSPS) is 10.7. The van der Waals surface area contributed by atoms with Crippen LogP contribution in [0.4, 0.5) is 0 Å². The second-order valence-corrected chi connectivity index (χ2v) is 4.59. The lowest BCUT2D eigenvalue weighted by Crippen LogP contribution is -2.19. The molecule has 0 aliphatic heterocycles. The minimum atomic E-state index is -0.571. The number of hydrazone groups is 1. The summed E-state index contributed by atoms with van der Waals surface area (Å²) >= 11 is 11.5. The van der Waals surface area contributed by atoms with Gasteiger partial charge in [-0.05, 0) is 18.2 Å². The van der Waals surface area contributed by atoms with Crippen molar-refractivity contribution in [3.8, 4) is 5.75 Å². The van der Waals surface area contributed by atoms with Gasteiger partial charge in [0.2, 0.25) is 0 Å². The molecule has 0 bridgehead atoms. The number of rotatable bonds is 3. The predicted molar refractivity (Wildman–Crippen MR) is 77.4 cm³/mol.